The van der Waals surface area contributed by atoms with Crippen LogP contribution in [0.25, 0.3) is 0 Å². The smallest absolute Gasteiger partial charge is 0.0219 e. The molecule has 1 aliphatic carbocycles. The Balaban J connectivity index is 2.98. The molecule has 0 N–H and O–H groups in total. The van der Waals surface area contributed by atoms with Crippen LogP contribution in [0.3, 0.4) is 0 Å². The summed E-state index contributed by atoms with van der Waals surface area (Å²) in [4.78, 5) is 0. The molecule has 1 unspecified atom stereocenters. The van der Waals surface area contributed by atoms with Gasteiger partial charge in [0.2, 0.25) is 0 Å². The first-order valence-corrected chi connectivity index (χ1v) is 8.72. The van der Waals surface area contributed by atoms with Gasteiger partial charge in [0.05, 0.1) is 0 Å². The van der Waals surface area contributed by atoms with E-state index < -0.39 is 0 Å². The summed E-state index contributed by atoms with van der Waals surface area (Å²) in [6.45, 7) is 17.5. The molecule has 0 saturated heterocycles. The summed E-state index contributed by atoms with van der Waals surface area (Å²) < 4.78 is 0. The van der Waals surface area contributed by atoms with Crippen LogP contribution in [0.5, 0.6) is 0 Å². The molecule has 0 aromatic carbocycles. The maximum Gasteiger partial charge on any atom is -0.0219 e. The zero-order chi connectivity index (χ0) is 16.7. The van der Waals surface area contributed by atoms with Crippen molar-refractivity contribution in [2.24, 2.45) is 17.8 Å². The normalized spacial score (nSPS) is 21.4. The average Bonchev–Trinajstić information content (AvgIpc) is 2.45. The van der Waals surface area contributed by atoms with Gasteiger partial charge in [-0.25, -0.2) is 0 Å². The molecule has 0 fully saturated rings. The minimum atomic E-state index is 0.532. The lowest BCUT2D eigenvalue weighted by Gasteiger charge is -2.27. The van der Waals surface area contributed by atoms with Gasteiger partial charge in [-0.1, -0.05) is 75.8 Å². The van der Waals surface area contributed by atoms with Gasteiger partial charge < -0.3 is 0 Å². The Morgan fingerprint density at radius 2 is 1.91 bits per heavy atom. The molecule has 0 bridgehead atoms. The fraction of sp³-hybridized carbons (Fsp3) is 0.545. The van der Waals surface area contributed by atoms with Crippen LogP contribution < -0.4 is 0 Å². The summed E-state index contributed by atoms with van der Waals surface area (Å²) in [7, 11) is 0. The molecule has 0 aromatic heterocycles. The van der Waals surface area contributed by atoms with Crippen molar-refractivity contribution in [2.75, 3.05) is 0 Å². The highest BCUT2D eigenvalue weighted by Crippen LogP contribution is 2.34. The van der Waals surface area contributed by atoms with E-state index in [1.165, 1.54) is 30.4 Å². The predicted octanol–water partition coefficient (Wildman–Crippen LogP) is 7.03. The molecular formula is C22H34. The second-order valence-corrected chi connectivity index (χ2v) is 7.33. The molecular weight excluding hydrogens is 264 g/mol. The standard InChI is InChI=1S/C22H34/c1-8-9-10-20(16(2)3)13-18(6)14-22-15-21(17(4)5)12-11-19(22)7/h8-10,13-14,16-17,21H,1,11-12,15H2,2-7H3/b10-9-,18-14+,20-13+. The van der Waals surface area contributed by atoms with Gasteiger partial charge in [0, 0.05) is 0 Å². The third-order valence-corrected chi connectivity index (χ3v) is 4.75. The molecule has 0 saturated carbocycles. The van der Waals surface area contributed by atoms with Crippen molar-refractivity contribution < 1.29 is 0 Å². The molecule has 0 nitrogen and oxygen atoms in total. The van der Waals surface area contributed by atoms with Crippen LogP contribution in [0.2, 0.25) is 0 Å². The number of hydrogen-bond acceptors (Lipinski definition) is 0. The fourth-order valence-electron chi connectivity index (χ4n) is 3.04. The van der Waals surface area contributed by atoms with Crippen molar-refractivity contribution in [3.63, 3.8) is 0 Å². The van der Waals surface area contributed by atoms with Gasteiger partial charge in [-0.2, -0.15) is 0 Å². The van der Waals surface area contributed by atoms with Crippen molar-refractivity contribution in [3.05, 3.63) is 59.3 Å². The lowest BCUT2D eigenvalue weighted by Crippen LogP contribution is -2.14. The van der Waals surface area contributed by atoms with Crippen LogP contribution >= 0.6 is 0 Å². The molecule has 0 heterocycles. The third kappa shape index (κ3) is 5.83. The zero-order valence-corrected chi connectivity index (χ0v) is 15.4. The molecule has 22 heavy (non-hydrogen) atoms. The molecule has 0 spiro atoms. The quantitative estimate of drug-likeness (QED) is 0.462. The Morgan fingerprint density at radius 1 is 1.23 bits per heavy atom. The van der Waals surface area contributed by atoms with Crippen molar-refractivity contribution in [1.82, 2.24) is 0 Å². The SMILES string of the molecule is C=C\C=C/C(=C\C(C)=C\C1=C(C)CCC(C(C)C)C1)C(C)C. The average molecular weight is 299 g/mol. The second-order valence-electron chi connectivity index (χ2n) is 7.33. The highest BCUT2D eigenvalue weighted by Gasteiger charge is 2.20. The minimum Gasteiger partial charge on any atom is -0.0991 e. The zero-order valence-electron chi connectivity index (χ0n) is 15.4. The summed E-state index contributed by atoms with van der Waals surface area (Å²) in [5, 5.41) is 0. The van der Waals surface area contributed by atoms with E-state index in [1.54, 1.807) is 11.1 Å². The lowest BCUT2D eigenvalue weighted by molar-refractivity contribution is 0.344. The molecule has 1 rings (SSSR count). The summed E-state index contributed by atoms with van der Waals surface area (Å²) in [5.74, 6) is 2.16. The van der Waals surface area contributed by atoms with Crippen LogP contribution in [0.1, 0.15) is 60.8 Å². The molecule has 0 aliphatic heterocycles. The minimum absolute atomic E-state index is 0.532. The van der Waals surface area contributed by atoms with Crippen LogP contribution in [0, 0.1) is 17.8 Å². The number of allylic oxidation sites excluding steroid dienone is 9. The van der Waals surface area contributed by atoms with Gasteiger partial charge in [-0.3, -0.25) is 0 Å². The first kappa shape index (κ1) is 18.7. The monoisotopic (exact) mass is 298 g/mol. The molecule has 0 radical (unpaired) electrons. The van der Waals surface area contributed by atoms with Crippen molar-refractivity contribution >= 4 is 0 Å². The van der Waals surface area contributed by atoms with Gasteiger partial charge in [-0.05, 0) is 62.0 Å². The van der Waals surface area contributed by atoms with Crippen molar-refractivity contribution in [1.29, 1.82) is 0 Å². The van der Waals surface area contributed by atoms with Gasteiger partial charge in [0.15, 0.2) is 0 Å². The van der Waals surface area contributed by atoms with Crippen molar-refractivity contribution in [3.8, 4) is 0 Å². The number of hydrogen-bond donors (Lipinski definition) is 0. The van der Waals surface area contributed by atoms with Gasteiger partial charge in [0.1, 0.15) is 0 Å². The Bertz CT molecular complexity index is 492. The van der Waals surface area contributed by atoms with Gasteiger partial charge in [0.25, 0.3) is 0 Å². The van der Waals surface area contributed by atoms with Crippen LogP contribution in [-0.2, 0) is 0 Å². The van der Waals surface area contributed by atoms with Crippen molar-refractivity contribution in [2.45, 2.75) is 60.8 Å². The summed E-state index contributed by atoms with van der Waals surface area (Å²) in [6.07, 6.45) is 14.6. The van der Waals surface area contributed by atoms with Crippen LogP contribution in [0.15, 0.2) is 59.3 Å². The highest BCUT2D eigenvalue weighted by atomic mass is 14.3. The van der Waals surface area contributed by atoms with Crippen LogP contribution in [0.4, 0.5) is 0 Å². The van der Waals surface area contributed by atoms with E-state index in [-0.39, 0.29) is 0 Å². The summed E-state index contributed by atoms with van der Waals surface area (Å²) >= 11 is 0. The van der Waals surface area contributed by atoms with E-state index in [2.05, 4.69) is 66.3 Å². The predicted molar refractivity (Wildman–Crippen MR) is 101 cm³/mol. The molecule has 1 atom stereocenters. The van der Waals surface area contributed by atoms with Gasteiger partial charge >= 0.3 is 0 Å². The maximum absolute atomic E-state index is 3.76. The van der Waals surface area contributed by atoms with E-state index in [1.807, 2.05) is 12.2 Å². The Morgan fingerprint density at radius 3 is 2.45 bits per heavy atom. The maximum atomic E-state index is 3.76. The Labute approximate surface area is 138 Å². The largest absolute Gasteiger partial charge is 0.0991 e. The first-order valence-electron chi connectivity index (χ1n) is 8.72. The second kappa shape index (κ2) is 8.98. The Hall–Kier alpha value is -1.30. The van der Waals surface area contributed by atoms with E-state index >= 15 is 0 Å². The lowest BCUT2D eigenvalue weighted by atomic mass is 9.78. The molecule has 1 aliphatic rings. The first-order chi connectivity index (χ1) is 10.3. The van der Waals surface area contributed by atoms with E-state index in [9.17, 15) is 0 Å². The summed E-state index contributed by atoms with van der Waals surface area (Å²) in [6, 6.07) is 0. The van der Waals surface area contributed by atoms with E-state index in [4.69, 9.17) is 0 Å². The number of rotatable bonds is 6. The molecule has 0 heteroatoms. The molecule has 0 amide bonds. The summed E-state index contributed by atoms with van der Waals surface area (Å²) in [5.41, 5.74) is 5.87. The van der Waals surface area contributed by atoms with Crippen LogP contribution in [-0.4, -0.2) is 0 Å². The van der Waals surface area contributed by atoms with E-state index in [0.29, 0.717) is 5.92 Å². The topological polar surface area (TPSA) is 0 Å². The highest BCUT2D eigenvalue weighted by molar-refractivity contribution is 5.38. The third-order valence-electron chi connectivity index (χ3n) is 4.75. The fourth-order valence-corrected chi connectivity index (χ4v) is 3.04. The molecule has 122 valence electrons. The van der Waals surface area contributed by atoms with Gasteiger partial charge in [-0.15, -0.1) is 0 Å². The van der Waals surface area contributed by atoms with E-state index in [0.717, 1.165) is 11.8 Å². The Kier molecular flexibility index (Phi) is 7.65. The molecule has 0 aromatic rings.